The number of anilines is 2. The van der Waals surface area contributed by atoms with Crippen molar-refractivity contribution in [3.8, 4) is 0 Å². The number of hydrogen-bond donors (Lipinski definition) is 2. The van der Waals surface area contributed by atoms with Crippen LogP contribution in [0.4, 0.5) is 29.5 Å². The lowest BCUT2D eigenvalue weighted by atomic mass is 10.0. The van der Waals surface area contributed by atoms with E-state index in [0.717, 1.165) is 25.3 Å². The van der Waals surface area contributed by atoms with Crippen molar-refractivity contribution in [2.24, 2.45) is 0 Å². The predicted octanol–water partition coefficient (Wildman–Crippen LogP) is 3.68. The molecule has 1 fully saturated rings. The molecule has 2 amide bonds. The standard InChI is InChI=1S/C18H20F3N5O/c19-18(20,21)15-9-10-16(25-24-15)26-11-5-4-8-14(26)12-22-17(27)23-13-6-2-1-3-7-13/h1-3,6-7,9-10,14H,4-5,8,11-12H2,(H2,22,23,27). The summed E-state index contributed by atoms with van der Waals surface area (Å²) in [5.74, 6) is 0.387. The molecule has 1 aromatic heterocycles. The zero-order valence-electron chi connectivity index (χ0n) is 14.5. The number of rotatable bonds is 4. The molecule has 1 unspecified atom stereocenters. The van der Waals surface area contributed by atoms with Crippen LogP contribution in [-0.4, -0.2) is 35.4 Å². The second-order valence-electron chi connectivity index (χ2n) is 6.32. The van der Waals surface area contributed by atoms with E-state index >= 15 is 0 Å². The van der Waals surface area contributed by atoms with E-state index in [1.165, 1.54) is 6.07 Å². The summed E-state index contributed by atoms with van der Waals surface area (Å²) >= 11 is 0. The molecule has 1 saturated heterocycles. The number of alkyl halides is 3. The van der Waals surface area contributed by atoms with Crippen molar-refractivity contribution in [3.63, 3.8) is 0 Å². The van der Waals surface area contributed by atoms with Crippen molar-refractivity contribution in [3.05, 3.63) is 48.2 Å². The summed E-state index contributed by atoms with van der Waals surface area (Å²) in [6, 6.07) is 10.9. The fraction of sp³-hybridized carbons (Fsp3) is 0.389. The summed E-state index contributed by atoms with van der Waals surface area (Å²) in [5, 5.41) is 12.6. The van der Waals surface area contributed by atoms with Gasteiger partial charge < -0.3 is 15.5 Å². The minimum Gasteiger partial charge on any atom is -0.350 e. The van der Waals surface area contributed by atoms with Crippen LogP contribution in [-0.2, 0) is 6.18 Å². The van der Waals surface area contributed by atoms with Crippen molar-refractivity contribution < 1.29 is 18.0 Å². The number of carbonyl (C=O) groups excluding carboxylic acids is 1. The first-order valence-electron chi connectivity index (χ1n) is 8.71. The molecule has 2 heterocycles. The van der Waals surface area contributed by atoms with E-state index in [1.54, 1.807) is 12.1 Å². The van der Waals surface area contributed by atoms with Crippen molar-refractivity contribution in [1.29, 1.82) is 0 Å². The number of nitrogens with one attached hydrogen (secondary N) is 2. The van der Waals surface area contributed by atoms with Gasteiger partial charge in [-0.05, 0) is 43.5 Å². The van der Waals surface area contributed by atoms with Gasteiger partial charge in [-0.2, -0.15) is 13.2 Å². The summed E-state index contributed by atoms with van der Waals surface area (Å²) < 4.78 is 38.0. The average Bonchev–Trinajstić information content (AvgIpc) is 2.67. The summed E-state index contributed by atoms with van der Waals surface area (Å²) in [5.41, 5.74) is -0.329. The average molecular weight is 379 g/mol. The largest absolute Gasteiger partial charge is 0.435 e. The van der Waals surface area contributed by atoms with Gasteiger partial charge in [0.05, 0.1) is 0 Å². The monoisotopic (exact) mass is 379 g/mol. The molecular weight excluding hydrogens is 359 g/mol. The zero-order chi connectivity index (χ0) is 19.3. The number of benzene rings is 1. The van der Waals surface area contributed by atoms with Crippen molar-refractivity contribution in [1.82, 2.24) is 15.5 Å². The summed E-state index contributed by atoms with van der Waals surface area (Å²) in [6.07, 6.45) is -1.80. The summed E-state index contributed by atoms with van der Waals surface area (Å²) in [6.45, 7) is 1.02. The highest BCUT2D eigenvalue weighted by molar-refractivity contribution is 5.89. The topological polar surface area (TPSA) is 70.2 Å². The zero-order valence-corrected chi connectivity index (χ0v) is 14.5. The number of para-hydroxylation sites is 1. The SMILES string of the molecule is O=C(NCC1CCCCN1c1ccc(C(F)(F)F)nn1)Nc1ccccc1. The Hall–Kier alpha value is -2.84. The lowest BCUT2D eigenvalue weighted by Gasteiger charge is -2.36. The van der Waals surface area contributed by atoms with E-state index < -0.39 is 11.9 Å². The number of hydrogen-bond acceptors (Lipinski definition) is 4. The molecule has 27 heavy (non-hydrogen) atoms. The molecule has 0 aliphatic carbocycles. The molecule has 0 saturated carbocycles. The fourth-order valence-corrected chi connectivity index (χ4v) is 3.05. The van der Waals surface area contributed by atoms with Gasteiger partial charge in [-0.1, -0.05) is 18.2 Å². The van der Waals surface area contributed by atoms with Gasteiger partial charge in [0.1, 0.15) is 0 Å². The highest BCUT2D eigenvalue weighted by Gasteiger charge is 2.33. The molecule has 9 heteroatoms. The first-order valence-corrected chi connectivity index (χ1v) is 8.71. The number of piperidine rings is 1. The van der Waals surface area contributed by atoms with Gasteiger partial charge in [-0.3, -0.25) is 0 Å². The highest BCUT2D eigenvalue weighted by atomic mass is 19.4. The van der Waals surface area contributed by atoms with Crippen LogP contribution in [0.1, 0.15) is 25.0 Å². The van der Waals surface area contributed by atoms with Crippen LogP contribution in [0, 0.1) is 0 Å². The van der Waals surface area contributed by atoms with Crippen LogP contribution in [0.15, 0.2) is 42.5 Å². The molecule has 144 valence electrons. The van der Waals surface area contributed by atoms with Gasteiger partial charge in [-0.25, -0.2) is 4.79 Å². The fourth-order valence-electron chi connectivity index (χ4n) is 3.05. The van der Waals surface area contributed by atoms with Crippen LogP contribution in [0.2, 0.25) is 0 Å². The Balaban J connectivity index is 1.61. The summed E-state index contributed by atoms with van der Waals surface area (Å²) in [4.78, 5) is 14.0. The molecule has 3 rings (SSSR count). The Bertz CT molecular complexity index is 752. The number of amides is 2. The minimum absolute atomic E-state index is 0.0497. The van der Waals surface area contributed by atoms with E-state index in [9.17, 15) is 18.0 Å². The number of halogens is 3. The van der Waals surface area contributed by atoms with E-state index in [-0.39, 0.29) is 12.1 Å². The van der Waals surface area contributed by atoms with Crippen LogP contribution in [0.5, 0.6) is 0 Å². The van der Waals surface area contributed by atoms with E-state index in [2.05, 4.69) is 20.8 Å². The lowest BCUT2D eigenvalue weighted by molar-refractivity contribution is -0.141. The van der Waals surface area contributed by atoms with Crippen LogP contribution < -0.4 is 15.5 Å². The predicted molar refractivity (Wildman–Crippen MR) is 95.5 cm³/mol. The molecular formula is C18H20F3N5O. The smallest absolute Gasteiger partial charge is 0.350 e. The maximum atomic E-state index is 12.7. The third-order valence-electron chi connectivity index (χ3n) is 4.39. The van der Waals surface area contributed by atoms with Crippen LogP contribution in [0.3, 0.4) is 0 Å². The van der Waals surface area contributed by atoms with E-state index in [1.807, 2.05) is 23.1 Å². The molecule has 1 aliphatic rings. The lowest BCUT2D eigenvalue weighted by Crippen LogP contribution is -2.48. The van der Waals surface area contributed by atoms with Gasteiger partial charge in [0.15, 0.2) is 11.5 Å². The highest BCUT2D eigenvalue weighted by Crippen LogP contribution is 2.29. The second-order valence-corrected chi connectivity index (χ2v) is 6.32. The summed E-state index contributed by atoms with van der Waals surface area (Å²) in [7, 11) is 0. The van der Waals surface area contributed by atoms with Crippen molar-refractivity contribution in [2.45, 2.75) is 31.5 Å². The molecule has 1 aliphatic heterocycles. The van der Waals surface area contributed by atoms with Gasteiger partial charge in [-0.15, -0.1) is 10.2 Å². The van der Waals surface area contributed by atoms with Gasteiger partial charge in [0.2, 0.25) is 0 Å². The number of aromatic nitrogens is 2. The molecule has 2 aromatic rings. The quantitative estimate of drug-likeness (QED) is 0.850. The number of urea groups is 1. The van der Waals surface area contributed by atoms with Gasteiger partial charge in [0, 0.05) is 24.8 Å². The van der Waals surface area contributed by atoms with Crippen LogP contribution >= 0.6 is 0 Å². The van der Waals surface area contributed by atoms with Gasteiger partial charge >= 0.3 is 12.2 Å². The molecule has 2 N–H and O–H groups in total. The molecule has 1 aromatic carbocycles. The molecule has 0 radical (unpaired) electrons. The first-order chi connectivity index (χ1) is 12.9. The molecule has 1 atom stereocenters. The number of carbonyl (C=O) groups is 1. The maximum absolute atomic E-state index is 12.7. The minimum atomic E-state index is -4.51. The molecule has 6 nitrogen and oxygen atoms in total. The van der Waals surface area contributed by atoms with Crippen molar-refractivity contribution >= 4 is 17.5 Å². The Morgan fingerprint density at radius 1 is 1.11 bits per heavy atom. The Morgan fingerprint density at radius 2 is 1.89 bits per heavy atom. The molecule has 0 spiro atoms. The van der Waals surface area contributed by atoms with E-state index in [4.69, 9.17) is 0 Å². The second kappa shape index (κ2) is 8.24. The maximum Gasteiger partial charge on any atom is 0.435 e. The van der Waals surface area contributed by atoms with Crippen LogP contribution in [0.25, 0.3) is 0 Å². The Kier molecular flexibility index (Phi) is 5.78. The first kappa shape index (κ1) is 18.9. The third kappa shape index (κ3) is 5.08. The third-order valence-corrected chi connectivity index (χ3v) is 4.39. The van der Waals surface area contributed by atoms with Gasteiger partial charge in [0.25, 0.3) is 0 Å². The Morgan fingerprint density at radius 3 is 2.56 bits per heavy atom. The van der Waals surface area contributed by atoms with E-state index in [0.29, 0.717) is 24.6 Å². The number of nitrogens with zero attached hydrogens (tertiary/aromatic N) is 3. The Labute approximate surface area is 154 Å². The van der Waals surface area contributed by atoms with Crippen molar-refractivity contribution in [2.75, 3.05) is 23.3 Å². The normalized spacial score (nSPS) is 17.4. The molecule has 0 bridgehead atoms.